The molecule has 0 spiro atoms. The predicted octanol–water partition coefficient (Wildman–Crippen LogP) is 6.89. The van der Waals surface area contributed by atoms with Crippen molar-refractivity contribution in [3.05, 3.63) is 81.9 Å². The van der Waals surface area contributed by atoms with Crippen molar-refractivity contribution in [1.29, 1.82) is 0 Å². The van der Waals surface area contributed by atoms with Gasteiger partial charge in [0.25, 0.3) is 0 Å². The Morgan fingerprint density at radius 3 is 1.72 bits per heavy atom. The van der Waals surface area contributed by atoms with Gasteiger partial charge in [0.05, 0.1) is 0 Å². The topological polar surface area (TPSA) is 0 Å². The summed E-state index contributed by atoms with van der Waals surface area (Å²) in [5.41, 5.74) is 14.1. The number of benzene rings is 3. The predicted molar refractivity (Wildman–Crippen MR) is 108 cm³/mol. The van der Waals surface area contributed by atoms with Crippen LogP contribution in [0.15, 0.2) is 48.5 Å². The van der Waals surface area contributed by atoms with Gasteiger partial charge in [0.2, 0.25) is 0 Å². The Morgan fingerprint density at radius 1 is 0.560 bits per heavy atom. The summed E-state index contributed by atoms with van der Waals surface area (Å²) in [4.78, 5) is 0. The molecule has 0 saturated heterocycles. The van der Waals surface area contributed by atoms with Crippen LogP contribution in [-0.4, -0.2) is 0 Å². The molecule has 4 rings (SSSR count). The van der Waals surface area contributed by atoms with E-state index < -0.39 is 0 Å². The summed E-state index contributed by atoms with van der Waals surface area (Å²) in [6, 6.07) is 18.1. The summed E-state index contributed by atoms with van der Waals surface area (Å²) in [5, 5.41) is 0. The van der Waals surface area contributed by atoms with Gasteiger partial charge in [-0.1, -0.05) is 67.9 Å². The maximum atomic E-state index is 2.38. The van der Waals surface area contributed by atoms with Crippen LogP contribution in [0.4, 0.5) is 0 Å². The van der Waals surface area contributed by atoms with E-state index >= 15 is 0 Å². The number of aryl methyl sites for hydroxylation is 2. The summed E-state index contributed by atoms with van der Waals surface area (Å²) in [6.45, 7) is 13.7. The first kappa shape index (κ1) is 16.1. The summed E-state index contributed by atoms with van der Waals surface area (Å²) < 4.78 is 0. The van der Waals surface area contributed by atoms with Crippen molar-refractivity contribution in [3.8, 4) is 22.3 Å². The molecule has 0 heterocycles. The van der Waals surface area contributed by atoms with Crippen molar-refractivity contribution in [3.63, 3.8) is 0 Å². The van der Waals surface area contributed by atoms with Gasteiger partial charge in [-0.25, -0.2) is 0 Å². The summed E-state index contributed by atoms with van der Waals surface area (Å²) in [5.74, 6) is 0. The van der Waals surface area contributed by atoms with E-state index in [0.29, 0.717) is 0 Å². The van der Waals surface area contributed by atoms with Crippen LogP contribution < -0.4 is 0 Å². The number of rotatable bonds is 1. The molecule has 0 unspecified atom stereocenters. The highest BCUT2D eigenvalue weighted by Gasteiger charge is 2.38. The first-order chi connectivity index (χ1) is 11.8. The second kappa shape index (κ2) is 5.33. The van der Waals surface area contributed by atoms with Crippen molar-refractivity contribution in [2.45, 2.75) is 47.0 Å². The van der Waals surface area contributed by atoms with Crippen molar-refractivity contribution in [2.24, 2.45) is 0 Å². The molecule has 1 aliphatic rings. The fourth-order valence-electron chi connectivity index (χ4n) is 4.76. The van der Waals surface area contributed by atoms with Crippen LogP contribution in [0.1, 0.15) is 47.2 Å². The second-order valence-electron chi connectivity index (χ2n) is 8.08. The molecule has 0 amide bonds. The van der Waals surface area contributed by atoms with Gasteiger partial charge < -0.3 is 0 Å². The Labute approximate surface area is 151 Å². The highest BCUT2D eigenvalue weighted by molar-refractivity contribution is 5.87. The minimum Gasteiger partial charge on any atom is -0.0587 e. The number of hydrogen-bond donors (Lipinski definition) is 0. The first-order valence-corrected chi connectivity index (χ1v) is 9.14. The third-order valence-electron chi connectivity index (χ3n) is 6.10. The van der Waals surface area contributed by atoms with E-state index in [-0.39, 0.29) is 5.41 Å². The molecule has 0 N–H and O–H groups in total. The summed E-state index contributed by atoms with van der Waals surface area (Å²) in [7, 11) is 0. The smallest absolute Gasteiger partial charge is 0.0164 e. The molecule has 0 saturated carbocycles. The van der Waals surface area contributed by atoms with Crippen LogP contribution >= 0.6 is 0 Å². The molecule has 0 bridgehead atoms. The van der Waals surface area contributed by atoms with E-state index in [9.17, 15) is 0 Å². The van der Waals surface area contributed by atoms with Gasteiger partial charge in [-0.05, 0) is 77.8 Å². The van der Waals surface area contributed by atoms with Crippen molar-refractivity contribution in [1.82, 2.24) is 0 Å². The molecule has 0 aliphatic heterocycles. The lowest BCUT2D eigenvalue weighted by molar-refractivity contribution is 0.650. The zero-order chi connectivity index (χ0) is 17.9. The Kier molecular flexibility index (Phi) is 3.44. The quantitative estimate of drug-likeness (QED) is 0.456. The van der Waals surface area contributed by atoms with Gasteiger partial charge in [0.1, 0.15) is 0 Å². The maximum absolute atomic E-state index is 2.38. The SMILES string of the molecule is Cc1ccc(-c2ccc3c(c2C)C(C)(C)c2c-3ccc(C)c2C)cc1. The van der Waals surface area contributed by atoms with Crippen LogP contribution in [0.3, 0.4) is 0 Å². The van der Waals surface area contributed by atoms with Crippen LogP contribution in [0, 0.1) is 27.7 Å². The minimum atomic E-state index is 0.0472. The van der Waals surface area contributed by atoms with E-state index in [1.165, 1.54) is 55.6 Å². The molecule has 1 aliphatic carbocycles. The summed E-state index contributed by atoms with van der Waals surface area (Å²) >= 11 is 0. The summed E-state index contributed by atoms with van der Waals surface area (Å²) in [6.07, 6.45) is 0. The van der Waals surface area contributed by atoms with Gasteiger partial charge >= 0.3 is 0 Å². The maximum Gasteiger partial charge on any atom is 0.0164 e. The average molecular weight is 326 g/mol. The van der Waals surface area contributed by atoms with Crippen LogP contribution in [0.25, 0.3) is 22.3 Å². The molecule has 0 fully saturated rings. The third kappa shape index (κ3) is 2.20. The lowest BCUT2D eigenvalue weighted by Crippen LogP contribution is -2.18. The lowest BCUT2D eigenvalue weighted by Gasteiger charge is -2.26. The molecular weight excluding hydrogens is 300 g/mol. The van der Waals surface area contributed by atoms with E-state index in [1.54, 1.807) is 0 Å². The molecular formula is C25H26. The third-order valence-corrected chi connectivity index (χ3v) is 6.10. The van der Waals surface area contributed by atoms with Crippen LogP contribution in [0.2, 0.25) is 0 Å². The highest BCUT2D eigenvalue weighted by atomic mass is 14.4. The van der Waals surface area contributed by atoms with Gasteiger partial charge in [-0.15, -0.1) is 0 Å². The van der Waals surface area contributed by atoms with E-state index in [0.717, 1.165) is 0 Å². The molecule has 0 atom stereocenters. The van der Waals surface area contributed by atoms with Crippen LogP contribution in [0.5, 0.6) is 0 Å². The molecule has 3 aromatic carbocycles. The van der Waals surface area contributed by atoms with E-state index in [1.807, 2.05) is 0 Å². The standard InChI is InChI=1S/C25H26/c1-15-7-10-19(11-8-15)20-13-14-22-21-12-9-16(2)17(3)23(21)25(5,6)24(22)18(20)4/h7-14H,1-6H3. The molecule has 126 valence electrons. The Morgan fingerprint density at radius 2 is 1.08 bits per heavy atom. The first-order valence-electron chi connectivity index (χ1n) is 9.14. The number of fused-ring (bicyclic) bond motifs is 3. The second-order valence-corrected chi connectivity index (χ2v) is 8.08. The fourth-order valence-corrected chi connectivity index (χ4v) is 4.76. The fraction of sp³-hybridized carbons (Fsp3) is 0.280. The monoisotopic (exact) mass is 326 g/mol. The minimum absolute atomic E-state index is 0.0472. The normalized spacial score (nSPS) is 14.3. The number of hydrogen-bond acceptors (Lipinski definition) is 0. The van der Waals surface area contributed by atoms with Crippen LogP contribution in [-0.2, 0) is 5.41 Å². The molecule has 0 aromatic heterocycles. The Balaban J connectivity index is 1.99. The van der Waals surface area contributed by atoms with E-state index in [2.05, 4.69) is 90.1 Å². The molecule has 0 heteroatoms. The van der Waals surface area contributed by atoms with Gasteiger partial charge in [-0.3, -0.25) is 0 Å². The highest BCUT2D eigenvalue weighted by Crippen LogP contribution is 2.52. The molecule has 25 heavy (non-hydrogen) atoms. The van der Waals surface area contributed by atoms with Crippen molar-refractivity contribution >= 4 is 0 Å². The zero-order valence-electron chi connectivity index (χ0n) is 16.1. The lowest BCUT2D eigenvalue weighted by atomic mass is 9.77. The van der Waals surface area contributed by atoms with Gasteiger partial charge in [0, 0.05) is 5.41 Å². The largest absolute Gasteiger partial charge is 0.0587 e. The van der Waals surface area contributed by atoms with Crippen molar-refractivity contribution in [2.75, 3.05) is 0 Å². The molecule has 3 aromatic rings. The molecule has 0 nitrogen and oxygen atoms in total. The van der Waals surface area contributed by atoms with Gasteiger partial charge in [0.15, 0.2) is 0 Å². The Bertz CT molecular complexity index is 986. The van der Waals surface area contributed by atoms with Gasteiger partial charge in [-0.2, -0.15) is 0 Å². The van der Waals surface area contributed by atoms with E-state index in [4.69, 9.17) is 0 Å². The zero-order valence-corrected chi connectivity index (χ0v) is 16.1. The molecule has 0 radical (unpaired) electrons. The Hall–Kier alpha value is -2.34. The average Bonchev–Trinajstić information content (AvgIpc) is 2.81. The van der Waals surface area contributed by atoms with Crippen molar-refractivity contribution < 1.29 is 0 Å².